The van der Waals surface area contributed by atoms with Crippen molar-refractivity contribution in [3.05, 3.63) is 23.9 Å². The Morgan fingerprint density at radius 3 is 2.79 bits per heavy atom. The Morgan fingerprint density at radius 2 is 2.21 bits per heavy atom. The number of hydrogen-bond donors (Lipinski definition) is 2. The number of amides is 2. The second-order valence-electron chi connectivity index (χ2n) is 3.42. The molecule has 0 bridgehead atoms. The van der Waals surface area contributed by atoms with E-state index in [1.165, 1.54) is 0 Å². The third kappa shape index (κ3) is 3.05. The monoisotopic (exact) mass is 193 g/mol. The Hall–Kier alpha value is -1.58. The van der Waals surface area contributed by atoms with Crippen LogP contribution in [0.3, 0.4) is 0 Å². The van der Waals surface area contributed by atoms with Crippen LogP contribution in [0.5, 0.6) is 0 Å². The minimum Gasteiger partial charge on any atom is -0.336 e. The molecule has 0 fully saturated rings. The SMILES string of the molecule is Cc1cccnc1NC(=O)NC(C)C. The highest BCUT2D eigenvalue weighted by molar-refractivity contribution is 5.88. The van der Waals surface area contributed by atoms with E-state index in [1.807, 2.05) is 32.9 Å². The number of pyridine rings is 1. The van der Waals surface area contributed by atoms with Crippen LogP contribution in [0.15, 0.2) is 18.3 Å². The lowest BCUT2D eigenvalue weighted by atomic mass is 10.3. The van der Waals surface area contributed by atoms with Crippen LogP contribution < -0.4 is 10.6 Å². The number of hydrogen-bond acceptors (Lipinski definition) is 2. The number of carbonyl (C=O) groups excluding carboxylic acids is 1. The van der Waals surface area contributed by atoms with Gasteiger partial charge in [-0.05, 0) is 32.4 Å². The first-order chi connectivity index (χ1) is 6.59. The van der Waals surface area contributed by atoms with E-state index in [0.29, 0.717) is 5.82 Å². The normalized spacial score (nSPS) is 10.0. The van der Waals surface area contributed by atoms with Crippen LogP contribution in [-0.4, -0.2) is 17.1 Å². The first kappa shape index (κ1) is 10.5. The van der Waals surface area contributed by atoms with Crippen molar-refractivity contribution in [2.45, 2.75) is 26.8 Å². The second kappa shape index (κ2) is 4.60. The summed E-state index contributed by atoms with van der Waals surface area (Å²) in [6.07, 6.45) is 1.65. The van der Waals surface area contributed by atoms with Crippen molar-refractivity contribution in [1.29, 1.82) is 0 Å². The fourth-order valence-corrected chi connectivity index (χ4v) is 1.02. The summed E-state index contributed by atoms with van der Waals surface area (Å²) in [7, 11) is 0. The molecule has 2 amide bonds. The maximum Gasteiger partial charge on any atom is 0.320 e. The summed E-state index contributed by atoms with van der Waals surface area (Å²) in [5, 5.41) is 5.41. The fraction of sp³-hybridized carbons (Fsp3) is 0.400. The summed E-state index contributed by atoms with van der Waals surface area (Å²) in [6, 6.07) is 3.64. The van der Waals surface area contributed by atoms with E-state index >= 15 is 0 Å². The third-order valence-electron chi connectivity index (χ3n) is 1.66. The van der Waals surface area contributed by atoms with Crippen molar-refractivity contribution in [2.24, 2.45) is 0 Å². The predicted octanol–water partition coefficient (Wildman–Crippen LogP) is 1.92. The van der Waals surface area contributed by atoms with Gasteiger partial charge in [-0.3, -0.25) is 5.32 Å². The number of nitrogens with one attached hydrogen (secondary N) is 2. The number of anilines is 1. The van der Waals surface area contributed by atoms with Crippen molar-refractivity contribution >= 4 is 11.8 Å². The van der Waals surface area contributed by atoms with Gasteiger partial charge >= 0.3 is 6.03 Å². The van der Waals surface area contributed by atoms with E-state index < -0.39 is 0 Å². The van der Waals surface area contributed by atoms with Gasteiger partial charge in [0.1, 0.15) is 5.82 Å². The van der Waals surface area contributed by atoms with Crippen molar-refractivity contribution in [2.75, 3.05) is 5.32 Å². The molecule has 0 radical (unpaired) electrons. The topological polar surface area (TPSA) is 54.0 Å². The molecule has 0 atom stereocenters. The highest BCUT2D eigenvalue weighted by atomic mass is 16.2. The van der Waals surface area contributed by atoms with Gasteiger partial charge in [-0.15, -0.1) is 0 Å². The van der Waals surface area contributed by atoms with Crippen molar-refractivity contribution in [1.82, 2.24) is 10.3 Å². The summed E-state index contributed by atoms with van der Waals surface area (Å²) in [4.78, 5) is 15.4. The minimum absolute atomic E-state index is 0.124. The molecule has 0 spiro atoms. The Bertz CT molecular complexity index is 323. The van der Waals surface area contributed by atoms with Crippen LogP contribution >= 0.6 is 0 Å². The number of aryl methyl sites for hydroxylation is 1. The number of aromatic nitrogens is 1. The molecule has 0 aromatic carbocycles. The van der Waals surface area contributed by atoms with Crippen molar-refractivity contribution in [3.63, 3.8) is 0 Å². The number of nitrogens with zero attached hydrogens (tertiary/aromatic N) is 1. The largest absolute Gasteiger partial charge is 0.336 e. The van der Waals surface area contributed by atoms with Crippen LogP contribution in [0.4, 0.5) is 10.6 Å². The highest BCUT2D eigenvalue weighted by Gasteiger charge is 2.05. The molecule has 14 heavy (non-hydrogen) atoms. The van der Waals surface area contributed by atoms with Gasteiger partial charge < -0.3 is 5.32 Å². The predicted molar refractivity (Wildman–Crippen MR) is 56.3 cm³/mol. The van der Waals surface area contributed by atoms with Gasteiger partial charge in [0.05, 0.1) is 0 Å². The number of carbonyl (C=O) groups is 1. The van der Waals surface area contributed by atoms with Gasteiger partial charge in [0.15, 0.2) is 0 Å². The highest BCUT2D eigenvalue weighted by Crippen LogP contribution is 2.08. The summed E-state index contributed by atoms with van der Waals surface area (Å²) in [6.45, 7) is 5.72. The van der Waals surface area contributed by atoms with E-state index in [9.17, 15) is 4.79 Å². The van der Waals surface area contributed by atoms with Gasteiger partial charge in [-0.1, -0.05) is 6.07 Å². The Balaban J connectivity index is 2.61. The molecule has 2 N–H and O–H groups in total. The number of urea groups is 1. The maximum absolute atomic E-state index is 11.3. The standard InChI is InChI=1S/C10H15N3O/c1-7(2)12-10(14)13-9-8(3)5-4-6-11-9/h4-7H,1-3H3,(H2,11,12,13,14). The molecule has 0 saturated carbocycles. The molecule has 1 aromatic heterocycles. The first-order valence-electron chi connectivity index (χ1n) is 4.58. The van der Waals surface area contributed by atoms with Gasteiger partial charge in [0, 0.05) is 12.2 Å². The van der Waals surface area contributed by atoms with E-state index in [1.54, 1.807) is 6.20 Å². The molecule has 1 heterocycles. The molecule has 4 nitrogen and oxygen atoms in total. The first-order valence-corrected chi connectivity index (χ1v) is 4.58. The Labute approximate surface area is 83.7 Å². The smallest absolute Gasteiger partial charge is 0.320 e. The lowest BCUT2D eigenvalue weighted by molar-refractivity contribution is 0.250. The zero-order valence-electron chi connectivity index (χ0n) is 8.66. The van der Waals surface area contributed by atoms with Gasteiger partial charge in [-0.25, -0.2) is 9.78 Å². The van der Waals surface area contributed by atoms with E-state index in [0.717, 1.165) is 5.56 Å². The molecule has 0 unspecified atom stereocenters. The molecule has 1 aromatic rings. The van der Waals surface area contributed by atoms with Crippen molar-refractivity contribution in [3.8, 4) is 0 Å². The van der Waals surface area contributed by atoms with Crippen LogP contribution in [0, 0.1) is 6.92 Å². The molecular weight excluding hydrogens is 178 g/mol. The second-order valence-corrected chi connectivity index (χ2v) is 3.42. The van der Waals surface area contributed by atoms with E-state index in [2.05, 4.69) is 15.6 Å². The molecule has 0 aliphatic rings. The molecule has 1 rings (SSSR count). The summed E-state index contributed by atoms with van der Waals surface area (Å²) < 4.78 is 0. The fourth-order valence-electron chi connectivity index (χ4n) is 1.02. The van der Waals surface area contributed by atoms with Crippen LogP contribution in [-0.2, 0) is 0 Å². The average molecular weight is 193 g/mol. The lowest BCUT2D eigenvalue weighted by Crippen LogP contribution is -2.34. The zero-order chi connectivity index (χ0) is 10.6. The molecule has 0 aliphatic carbocycles. The van der Waals surface area contributed by atoms with Crippen LogP contribution in [0.1, 0.15) is 19.4 Å². The van der Waals surface area contributed by atoms with Gasteiger partial charge in [-0.2, -0.15) is 0 Å². The Kier molecular flexibility index (Phi) is 3.45. The van der Waals surface area contributed by atoms with E-state index in [4.69, 9.17) is 0 Å². The van der Waals surface area contributed by atoms with Crippen LogP contribution in [0.2, 0.25) is 0 Å². The third-order valence-corrected chi connectivity index (χ3v) is 1.66. The molecule has 76 valence electrons. The molecular formula is C10H15N3O. The van der Waals surface area contributed by atoms with Gasteiger partial charge in [0.2, 0.25) is 0 Å². The van der Waals surface area contributed by atoms with Crippen LogP contribution in [0.25, 0.3) is 0 Å². The van der Waals surface area contributed by atoms with Gasteiger partial charge in [0.25, 0.3) is 0 Å². The minimum atomic E-state index is -0.221. The average Bonchev–Trinajstić information content (AvgIpc) is 2.07. The molecule has 0 aliphatic heterocycles. The van der Waals surface area contributed by atoms with Crippen molar-refractivity contribution < 1.29 is 4.79 Å². The maximum atomic E-state index is 11.3. The molecule has 4 heteroatoms. The van der Waals surface area contributed by atoms with E-state index in [-0.39, 0.29) is 12.1 Å². The lowest BCUT2D eigenvalue weighted by Gasteiger charge is -2.10. The summed E-state index contributed by atoms with van der Waals surface area (Å²) in [5.74, 6) is 0.602. The number of rotatable bonds is 2. The summed E-state index contributed by atoms with van der Waals surface area (Å²) in [5.41, 5.74) is 0.950. The quantitative estimate of drug-likeness (QED) is 0.754. The summed E-state index contributed by atoms with van der Waals surface area (Å²) >= 11 is 0. The Morgan fingerprint density at radius 1 is 1.50 bits per heavy atom. The zero-order valence-corrected chi connectivity index (χ0v) is 8.66. The molecule has 0 saturated heterocycles.